The predicted molar refractivity (Wildman–Crippen MR) is 96.9 cm³/mol. The van der Waals surface area contributed by atoms with Crippen LogP contribution in [0, 0.1) is 6.92 Å². The number of benzene rings is 1. The van der Waals surface area contributed by atoms with Gasteiger partial charge in [-0.2, -0.15) is 0 Å². The summed E-state index contributed by atoms with van der Waals surface area (Å²) in [6, 6.07) is 5.16. The normalized spacial score (nSPS) is 10.7. The number of hydrogen-bond donors (Lipinski definition) is 3. The minimum atomic E-state index is -0.861. The van der Waals surface area contributed by atoms with Gasteiger partial charge in [0.15, 0.2) is 0 Å². The summed E-state index contributed by atoms with van der Waals surface area (Å²) in [4.78, 5) is 41.9. The van der Waals surface area contributed by atoms with Crippen LogP contribution in [-0.2, 0) is 18.9 Å². The molecular formula is C16H19ClN4O5. The third-order valence-electron chi connectivity index (χ3n) is 3.63. The van der Waals surface area contributed by atoms with Gasteiger partial charge in [0.2, 0.25) is 0 Å². The molecule has 0 fully saturated rings. The van der Waals surface area contributed by atoms with Gasteiger partial charge in [-0.05, 0) is 24.6 Å². The van der Waals surface area contributed by atoms with Crippen molar-refractivity contribution in [2.75, 3.05) is 18.5 Å². The van der Waals surface area contributed by atoms with Crippen LogP contribution >= 0.6 is 11.6 Å². The largest absolute Gasteiger partial charge is 0.394 e. The first-order valence-corrected chi connectivity index (χ1v) is 8.02. The number of hydrogen-bond acceptors (Lipinski definition) is 6. The summed E-state index contributed by atoms with van der Waals surface area (Å²) < 4.78 is 1.93. The quantitative estimate of drug-likeness (QED) is 0.493. The van der Waals surface area contributed by atoms with Gasteiger partial charge in [-0.1, -0.05) is 17.7 Å². The highest BCUT2D eigenvalue weighted by Crippen LogP contribution is 2.26. The van der Waals surface area contributed by atoms with E-state index in [0.29, 0.717) is 10.7 Å². The number of hydroxylamine groups is 1. The van der Waals surface area contributed by atoms with Crippen molar-refractivity contribution in [2.24, 2.45) is 14.1 Å². The second kappa shape index (κ2) is 8.17. The highest BCUT2D eigenvalue weighted by Gasteiger charge is 2.23. The van der Waals surface area contributed by atoms with Crippen LogP contribution < -0.4 is 22.0 Å². The molecule has 0 atom stereocenters. The average Bonchev–Trinajstić information content (AvgIpc) is 2.60. The highest BCUT2D eigenvalue weighted by molar-refractivity contribution is 6.33. The Labute approximate surface area is 153 Å². The lowest BCUT2D eigenvalue weighted by Crippen LogP contribution is -2.43. The maximum Gasteiger partial charge on any atom is 0.332 e. The zero-order valence-electron chi connectivity index (χ0n) is 14.5. The average molecular weight is 383 g/mol. The molecule has 2 aromatic rings. The van der Waals surface area contributed by atoms with Crippen molar-refractivity contribution in [1.82, 2.24) is 14.6 Å². The standard InChI is InChI=1S/C16H19ClN4O5/c1-9-4-5-11(10(17)8-9)18-13-12(14(23)19-26-7-6-22)15(24)21(3)16(25)20(13)2/h4-5,8,18,22H,6-7H2,1-3H3,(H,19,23). The number of halogens is 1. The number of aliphatic hydroxyl groups is 1. The molecule has 0 aliphatic heterocycles. The fourth-order valence-corrected chi connectivity index (χ4v) is 2.54. The van der Waals surface area contributed by atoms with E-state index in [4.69, 9.17) is 21.5 Å². The molecular weight excluding hydrogens is 364 g/mol. The Hall–Kier alpha value is -2.62. The van der Waals surface area contributed by atoms with E-state index in [9.17, 15) is 14.4 Å². The lowest BCUT2D eigenvalue weighted by atomic mass is 10.2. The molecule has 1 aromatic heterocycles. The number of nitrogens with one attached hydrogen (secondary N) is 2. The van der Waals surface area contributed by atoms with E-state index in [-0.39, 0.29) is 24.6 Å². The van der Waals surface area contributed by atoms with Gasteiger partial charge in [-0.3, -0.25) is 23.6 Å². The number of nitrogens with zero attached hydrogens (tertiary/aromatic N) is 2. The maximum absolute atomic E-state index is 12.5. The summed E-state index contributed by atoms with van der Waals surface area (Å²) in [6.07, 6.45) is 0. The molecule has 1 amide bonds. The summed E-state index contributed by atoms with van der Waals surface area (Å²) in [6.45, 7) is 1.40. The third-order valence-corrected chi connectivity index (χ3v) is 3.94. The Balaban J connectivity index is 2.57. The van der Waals surface area contributed by atoms with Gasteiger partial charge in [0.1, 0.15) is 11.4 Å². The fourth-order valence-electron chi connectivity index (χ4n) is 2.26. The van der Waals surface area contributed by atoms with E-state index in [1.807, 2.05) is 6.92 Å². The minimum Gasteiger partial charge on any atom is -0.394 e. The van der Waals surface area contributed by atoms with Crippen LogP contribution in [0.2, 0.25) is 5.02 Å². The Bertz CT molecular complexity index is 951. The lowest BCUT2D eigenvalue weighted by molar-refractivity contribution is 0.0167. The molecule has 9 nitrogen and oxygen atoms in total. The Morgan fingerprint density at radius 2 is 1.96 bits per heavy atom. The van der Waals surface area contributed by atoms with Gasteiger partial charge in [0.05, 0.1) is 23.9 Å². The number of carbonyl (C=O) groups excluding carboxylic acids is 1. The molecule has 3 N–H and O–H groups in total. The molecule has 0 unspecified atom stereocenters. The van der Waals surface area contributed by atoms with Crippen molar-refractivity contribution in [3.8, 4) is 0 Å². The zero-order chi connectivity index (χ0) is 19.4. The summed E-state index contributed by atoms with van der Waals surface area (Å²) in [5.41, 5.74) is 1.66. The molecule has 0 aliphatic rings. The maximum atomic E-state index is 12.5. The number of aryl methyl sites for hydroxylation is 1. The smallest absolute Gasteiger partial charge is 0.332 e. The third kappa shape index (κ3) is 3.96. The molecule has 10 heteroatoms. The monoisotopic (exact) mass is 382 g/mol. The molecule has 1 aromatic carbocycles. The van der Waals surface area contributed by atoms with Crippen LogP contribution in [-0.4, -0.2) is 33.4 Å². The van der Waals surface area contributed by atoms with Gasteiger partial charge in [-0.25, -0.2) is 10.3 Å². The van der Waals surface area contributed by atoms with Crippen molar-refractivity contribution in [1.29, 1.82) is 0 Å². The summed E-state index contributed by atoms with van der Waals surface area (Å²) in [7, 11) is 2.68. The SMILES string of the molecule is Cc1ccc(Nc2c(C(=O)NOCCO)c(=O)n(C)c(=O)n2C)c(Cl)c1. The summed E-state index contributed by atoms with van der Waals surface area (Å²) in [5.74, 6) is -0.894. The zero-order valence-corrected chi connectivity index (χ0v) is 15.3. The van der Waals surface area contributed by atoms with Crippen molar-refractivity contribution in [2.45, 2.75) is 6.92 Å². The number of rotatable bonds is 6. The van der Waals surface area contributed by atoms with Crippen LogP contribution in [0.3, 0.4) is 0 Å². The van der Waals surface area contributed by atoms with Gasteiger partial charge in [-0.15, -0.1) is 0 Å². The predicted octanol–water partition coefficient (Wildman–Crippen LogP) is 0.443. The molecule has 140 valence electrons. The highest BCUT2D eigenvalue weighted by atomic mass is 35.5. The van der Waals surface area contributed by atoms with Crippen LogP contribution in [0.1, 0.15) is 15.9 Å². The topological polar surface area (TPSA) is 115 Å². The van der Waals surface area contributed by atoms with E-state index >= 15 is 0 Å². The number of anilines is 2. The van der Waals surface area contributed by atoms with Gasteiger partial charge < -0.3 is 10.4 Å². The van der Waals surface area contributed by atoms with E-state index in [1.165, 1.54) is 14.1 Å². The molecule has 26 heavy (non-hydrogen) atoms. The molecule has 0 aliphatic carbocycles. The molecule has 1 heterocycles. The lowest BCUT2D eigenvalue weighted by Gasteiger charge is -2.17. The first kappa shape index (κ1) is 19.7. The van der Waals surface area contributed by atoms with Crippen molar-refractivity contribution >= 4 is 29.0 Å². The number of amides is 1. The summed E-state index contributed by atoms with van der Waals surface area (Å²) >= 11 is 6.19. The van der Waals surface area contributed by atoms with Crippen LogP contribution in [0.5, 0.6) is 0 Å². The first-order chi connectivity index (χ1) is 12.3. The van der Waals surface area contributed by atoms with Gasteiger partial charge in [0, 0.05) is 14.1 Å². The summed E-state index contributed by atoms with van der Waals surface area (Å²) in [5, 5.41) is 11.9. The van der Waals surface area contributed by atoms with Crippen LogP contribution in [0.15, 0.2) is 27.8 Å². The minimum absolute atomic E-state index is 0.0334. The van der Waals surface area contributed by atoms with Crippen LogP contribution in [0.4, 0.5) is 11.5 Å². The van der Waals surface area contributed by atoms with E-state index < -0.39 is 17.2 Å². The number of aliphatic hydroxyl groups excluding tert-OH is 1. The first-order valence-electron chi connectivity index (χ1n) is 7.64. The van der Waals surface area contributed by atoms with Gasteiger partial charge in [0.25, 0.3) is 11.5 Å². The molecule has 0 saturated heterocycles. The van der Waals surface area contributed by atoms with E-state index in [0.717, 1.165) is 14.7 Å². The number of aromatic nitrogens is 2. The second-order valence-corrected chi connectivity index (χ2v) is 5.95. The van der Waals surface area contributed by atoms with Crippen molar-refractivity contribution < 1.29 is 14.7 Å². The van der Waals surface area contributed by atoms with E-state index in [2.05, 4.69) is 10.8 Å². The molecule has 0 saturated carbocycles. The van der Waals surface area contributed by atoms with E-state index in [1.54, 1.807) is 18.2 Å². The number of carbonyl (C=O) groups is 1. The Kier molecular flexibility index (Phi) is 6.19. The van der Waals surface area contributed by atoms with Gasteiger partial charge >= 0.3 is 5.69 Å². The van der Waals surface area contributed by atoms with Crippen LogP contribution in [0.25, 0.3) is 0 Å². The Morgan fingerprint density at radius 3 is 2.58 bits per heavy atom. The fraction of sp³-hybridized carbons (Fsp3) is 0.312. The Morgan fingerprint density at radius 1 is 1.27 bits per heavy atom. The van der Waals surface area contributed by atoms with Crippen molar-refractivity contribution in [3.05, 3.63) is 55.2 Å². The molecule has 0 bridgehead atoms. The molecule has 0 radical (unpaired) electrons. The molecule has 2 rings (SSSR count). The molecule has 0 spiro atoms. The second-order valence-electron chi connectivity index (χ2n) is 5.54. The van der Waals surface area contributed by atoms with Crippen molar-refractivity contribution in [3.63, 3.8) is 0 Å².